The van der Waals surface area contributed by atoms with E-state index in [1.54, 1.807) is 22.7 Å². The van der Waals surface area contributed by atoms with E-state index in [-0.39, 0.29) is 5.91 Å². The van der Waals surface area contributed by atoms with Crippen molar-refractivity contribution in [3.05, 3.63) is 58.4 Å². The zero-order valence-corrected chi connectivity index (χ0v) is 14.2. The predicted octanol–water partition coefficient (Wildman–Crippen LogP) is 4.39. The van der Waals surface area contributed by atoms with Crippen LogP contribution in [0.25, 0.3) is 9.88 Å². The van der Waals surface area contributed by atoms with Crippen LogP contribution in [0.4, 0.5) is 5.69 Å². The molecule has 0 atom stereocenters. The zero-order valence-electron chi connectivity index (χ0n) is 12.6. The predicted molar refractivity (Wildman–Crippen MR) is 96.2 cm³/mol. The molecular weight excluding hydrogens is 324 g/mol. The third-order valence-electron chi connectivity index (χ3n) is 4.03. The van der Waals surface area contributed by atoms with Gasteiger partial charge in [0.15, 0.2) is 0 Å². The number of fused-ring (bicyclic) bond motifs is 1. The number of rotatable bonds is 3. The Kier molecular flexibility index (Phi) is 3.97. The molecule has 2 aromatic heterocycles. The van der Waals surface area contributed by atoms with Crippen LogP contribution in [0.3, 0.4) is 0 Å². The lowest BCUT2D eigenvalue weighted by Crippen LogP contribution is -2.36. The lowest BCUT2D eigenvalue weighted by atomic mass is 10.0. The van der Waals surface area contributed by atoms with E-state index in [0.29, 0.717) is 6.42 Å². The first-order valence-electron chi connectivity index (χ1n) is 7.68. The summed E-state index contributed by atoms with van der Waals surface area (Å²) in [4.78, 5) is 20.4. The summed E-state index contributed by atoms with van der Waals surface area (Å²) < 4.78 is 0. The first-order chi connectivity index (χ1) is 11.3. The minimum Gasteiger partial charge on any atom is -0.312 e. The molecule has 1 amide bonds. The molecule has 3 nitrogen and oxygen atoms in total. The molecule has 0 aliphatic carbocycles. The topological polar surface area (TPSA) is 33.2 Å². The monoisotopic (exact) mass is 340 g/mol. The Bertz CT molecular complexity index is 823. The van der Waals surface area contributed by atoms with Gasteiger partial charge in [-0.15, -0.1) is 22.7 Å². The summed E-state index contributed by atoms with van der Waals surface area (Å²) in [7, 11) is 0. The highest BCUT2D eigenvalue weighted by atomic mass is 32.1. The van der Waals surface area contributed by atoms with Crippen LogP contribution in [0.1, 0.15) is 17.7 Å². The van der Waals surface area contributed by atoms with Crippen LogP contribution >= 0.6 is 22.7 Å². The maximum Gasteiger partial charge on any atom is 0.233 e. The van der Waals surface area contributed by atoms with Gasteiger partial charge in [-0.1, -0.05) is 24.3 Å². The second-order valence-electron chi connectivity index (χ2n) is 5.58. The second kappa shape index (κ2) is 6.26. The first-order valence-corrected chi connectivity index (χ1v) is 9.44. The minimum atomic E-state index is 0.139. The number of thiophene rings is 1. The van der Waals surface area contributed by atoms with E-state index in [1.807, 2.05) is 39.9 Å². The van der Waals surface area contributed by atoms with Gasteiger partial charge in [0.25, 0.3) is 0 Å². The van der Waals surface area contributed by atoms with Gasteiger partial charge in [-0.3, -0.25) is 4.79 Å². The minimum absolute atomic E-state index is 0.139. The van der Waals surface area contributed by atoms with Gasteiger partial charge in [0.1, 0.15) is 5.01 Å². The van der Waals surface area contributed by atoms with Crippen LogP contribution in [-0.2, 0) is 17.6 Å². The average molecular weight is 340 g/mol. The van der Waals surface area contributed by atoms with Crippen molar-refractivity contribution in [2.24, 2.45) is 0 Å². The standard InChI is InChI=1S/C18H16N2OS2/c21-17(20-9-3-6-13-5-1-2-7-15(13)20)11-14-12-23-18(19-14)16-8-4-10-22-16/h1-2,4-5,7-8,10,12H,3,6,9,11H2. The number of thiazole rings is 1. The van der Waals surface area contributed by atoms with Crippen LogP contribution in [-0.4, -0.2) is 17.4 Å². The number of nitrogens with zero attached hydrogens (tertiary/aromatic N) is 2. The van der Waals surface area contributed by atoms with Crippen molar-refractivity contribution in [1.82, 2.24) is 4.98 Å². The summed E-state index contributed by atoms with van der Waals surface area (Å²) in [6, 6.07) is 12.3. The fourth-order valence-corrected chi connectivity index (χ4v) is 4.58. The molecule has 0 unspecified atom stereocenters. The van der Waals surface area contributed by atoms with Crippen molar-refractivity contribution in [3.63, 3.8) is 0 Å². The lowest BCUT2D eigenvalue weighted by Gasteiger charge is -2.29. The zero-order chi connectivity index (χ0) is 15.6. The Balaban J connectivity index is 1.53. The van der Waals surface area contributed by atoms with Gasteiger partial charge in [-0.2, -0.15) is 0 Å². The van der Waals surface area contributed by atoms with Crippen LogP contribution in [0.15, 0.2) is 47.2 Å². The molecule has 1 aromatic carbocycles. The summed E-state index contributed by atoms with van der Waals surface area (Å²) in [5.74, 6) is 0.139. The number of carbonyl (C=O) groups excluding carboxylic acids is 1. The number of aryl methyl sites for hydroxylation is 1. The van der Waals surface area contributed by atoms with Crippen LogP contribution in [0.5, 0.6) is 0 Å². The third kappa shape index (κ3) is 2.94. The lowest BCUT2D eigenvalue weighted by molar-refractivity contribution is -0.118. The largest absolute Gasteiger partial charge is 0.312 e. The molecule has 3 aromatic rings. The molecule has 0 spiro atoms. The van der Waals surface area contributed by atoms with Gasteiger partial charge in [0.05, 0.1) is 17.0 Å². The molecule has 0 bridgehead atoms. The fourth-order valence-electron chi connectivity index (χ4n) is 2.94. The van der Waals surface area contributed by atoms with E-state index in [1.165, 1.54) is 5.56 Å². The Morgan fingerprint density at radius 3 is 2.96 bits per heavy atom. The van der Waals surface area contributed by atoms with E-state index in [2.05, 4.69) is 17.1 Å². The Morgan fingerprint density at radius 1 is 1.17 bits per heavy atom. The molecule has 23 heavy (non-hydrogen) atoms. The molecule has 0 radical (unpaired) electrons. The summed E-state index contributed by atoms with van der Waals surface area (Å²) in [5, 5.41) is 5.05. The van der Waals surface area contributed by atoms with Crippen LogP contribution in [0.2, 0.25) is 0 Å². The van der Waals surface area contributed by atoms with Crippen molar-refractivity contribution in [2.45, 2.75) is 19.3 Å². The molecule has 0 fully saturated rings. The molecule has 0 saturated heterocycles. The van der Waals surface area contributed by atoms with Gasteiger partial charge in [0.2, 0.25) is 5.91 Å². The van der Waals surface area contributed by atoms with Crippen molar-refractivity contribution in [2.75, 3.05) is 11.4 Å². The van der Waals surface area contributed by atoms with Gasteiger partial charge in [-0.25, -0.2) is 4.98 Å². The first kappa shape index (κ1) is 14.6. The molecule has 4 rings (SSSR count). The van der Waals surface area contributed by atoms with Gasteiger partial charge < -0.3 is 4.90 Å². The number of hydrogen-bond acceptors (Lipinski definition) is 4. The Hall–Kier alpha value is -1.98. The summed E-state index contributed by atoms with van der Waals surface area (Å²) >= 11 is 3.29. The molecule has 5 heteroatoms. The van der Waals surface area contributed by atoms with Crippen molar-refractivity contribution in [1.29, 1.82) is 0 Å². The van der Waals surface area contributed by atoms with Gasteiger partial charge >= 0.3 is 0 Å². The van der Waals surface area contributed by atoms with Gasteiger partial charge in [-0.05, 0) is 35.9 Å². The SMILES string of the molecule is O=C(Cc1csc(-c2cccs2)n1)N1CCCc2ccccc21. The second-order valence-corrected chi connectivity index (χ2v) is 7.38. The number of para-hydroxylation sites is 1. The van der Waals surface area contributed by atoms with Crippen molar-refractivity contribution < 1.29 is 4.79 Å². The van der Waals surface area contributed by atoms with Gasteiger partial charge in [0, 0.05) is 17.6 Å². The average Bonchev–Trinajstić information content (AvgIpc) is 3.25. The number of amides is 1. The van der Waals surface area contributed by atoms with E-state index in [0.717, 1.165) is 40.7 Å². The molecular formula is C18H16N2OS2. The molecule has 1 aliphatic heterocycles. The Labute approximate surface area is 143 Å². The molecule has 0 saturated carbocycles. The maximum atomic E-state index is 12.7. The van der Waals surface area contributed by atoms with E-state index >= 15 is 0 Å². The van der Waals surface area contributed by atoms with Crippen molar-refractivity contribution >= 4 is 34.3 Å². The summed E-state index contributed by atoms with van der Waals surface area (Å²) in [5.41, 5.74) is 3.20. The number of hydrogen-bond donors (Lipinski definition) is 0. The number of anilines is 1. The normalized spacial score (nSPS) is 13.8. The summed E-state index contributed by atoms with van der Waals surface area (Å²) in [6.45, 7) is 0.803. The number of benzene rings is 1. The van der Waals surface area contributed by atoms with Crippen LogP contribution < -0.4 is 4.90 Å². The highest BCUT2D eigenvalue weighted by Crippen LogP contribution is 2.30. The van der Waals surface area contributed by atoms with Crippen LogP contribution in [0, 0.1) is 0 Å². The van der Waals surface area contributed by atoms with E-state index in [9.17, 15) is 4.79 Å². The van der Waals surface area contributed by atoms with E-state index in [4.69, 9.17) is 0 Å². The maximum absolute atomic E-state index is 12.7. The molecule has 0 N–H and O–H groups in total. The molecule has 116 valence electrons. The summed E-state index contributed by atoms with van der Waals surface area (Å²) in [6.07, 6.45) is 2.45. The van der Waals surface area contributed by atoms with E-state index < -0.39 is 0 Å². The highest BCUT2D eigenvalue weighted by molar-refractivity contribution is 7.20. The number of aromatic nitrogens is 1. The molecule has 1 aliphatic rings. The smallest absolute Gasteiger partial charge is 0.233 e. The number of carbonyl (C=O) groups is 1. The third-order valence-corrected chi connectivity index (χ3v) is 5.96. The Morgan fingerprint density at radius 2 is 2.09 bits per heavy atom. The highest BCUT2D eigenvalue weighted by Gasteiger charge is 2.22. The van der Waals surface area contributed by atoms with Crippen molar-refractivity contribution in [3.8, 4) is 9.88 Å². The molecule has 3 heterocycles. The quantitative estimate of drug-likeness (QED) is 0.708. The fraction of sp³-hybridized carbons (Fsp3) is 0.222.